The van der Waals surface area contributed by atoms with Gasteiger partial charge in [-0.25, -0.2) is 4.79 Å². The fourth-order valence-electron chi connectivity index (χ4n) is 3.81. The fraction of sp³-hybridized carbons (Fsp3) is 0.478. The van der Waals surface area contributed by atoms with Crippen LogP contribution in [-0.4, -0.2) is 18.5 Å². The molecule has 1 aromatic carbocycles. The number of ether oxygens (including phenoxy) is 1. The first-order valence-electron chi connectivity index (χ1n) is 10.1. The molecule has 1 aromatic heterocycles. The molecule has 1 unspecified atom stereocenters. The van der Waals surface area contributed by atoms with Crippen LogP contribution in [0.15, 0.2) is 30.3 Å². The number of thiophene rings is 1. The van der Waals surface area contributed by atoms with E-state index in [1.54, 1.807) is 19.1 Å². The predicted molar refractivity (Wildman–Crippen MR) is 114 cm³/mol. The summed E-state index contributed by atoms with van der Waals surface area (Å²) in [6.45, 7) is 9.00. The zero-order valence-corrected chi connectivity index (χ0v) is 17.9. The summed E-state index contributed by atoms with van der Waals surface area (Å²) >= 11 is 1.54. The minimum atomic E-state index is -0.337. The van der Waals surface area contributed by atoms with Gasteiger partial charge in [0.1, 0.15) is 5.00 Å². The lowest BCUT2D eigenvalue weighted by Gasteiger charge is -2.36. The van der Waals surface area contributed by atoms with E-state index < -0.39 is 0 Å². The standard InChI is InChI=1S/C23H29NO3S/c1-5-23(3,4)16-12-13-17-18(14-16)28-21(19(17)22(26)27-6-2)24-20(25)15-10-8-7-9-11-15/h7-11,16H,5-6,12-14H2,1-4H3,(H,24,25). The number of nitrogens with one attached hydrogen (secondary N) is 1. The lowest BCUT2D eigenvalue weighted by Crippen LogP contribution is -2.28. The van der Waals surface area contributed by atoms with E-state index in [0.29, 0.717) is 28.7 Å². The normalized spacial score (nSPS) is 16.4. The van der Waals surface area contributed by atoms with Crippen molar-refractivity contribution >= 4 is 28.2 Å². The predicted octanol–water partition coefficient (Wildman–Crippen LogP) is 5.72. The van der Waals surface area contributed by atoms with Crippen LogP contribution in [0.3, 0.4) is 0 Å². The number of amides is 1. The molecule has 0 aliphatic heterocycles. The smallest absolute Gasteiger partial charge is 0.341 e. The highest BCUT2D eigenvalue weighted by Crippen LogP contribution is 2.45. The highest BCUT2D eigenvalue weighted by molar-refractivity contribution is 7.17. The number of hydrogen-bond acceptors (Lipinski definition) is 4. The van der Waals surface area contributed by atoms with Crippen molar-refractivity contribution in [1.29, 1.82) is 0 Å². The minimum Gasteiger partial charge on any atom is -0.462 e. The molecule has 2 aromatic rings. The van der Waals surface area contributed by atoms with Crippen LogP contribution in [0.25, 0.3) is 0 Å². The van der Waals surface area contributed by atoms with Gasteiger partial charge in [-0.2, -0.15) is 0 Å². The first-order valence-corrected chi connectivity index (χ1v) is 10.9. The summed E-state index contributed by atoms with van der Waals surface area (Å²) in [5.41, 5.74) is 2.46. The zero-order valence-electron chi connectivity index (χ0n) is 17.1. The van der Waals surface area contributed by atoms with E-state index in [4.69, 9.17) is 4.74 Å². The van der Waals surface area contributed by atoms with Gasteiger partial charge in [-0.3, -0.25) is 4.79 Å². The summed E-state index contributed by atoms with van der Waals surface area (Å²) < 4.78 is 5.31. The van der Waals surface area contributed by atoms with Crippen molar-refractivity contribution in [1.82, 2.24) is 0 Å². The average molecular weight is 400 g/mol. The first-order chi connectivity index (χ1) is 13.4. The molecule has 1 atom stereocenters. The summed E-state index contributed by atoms with van der Waals surface area (Å²) in [6.07, 6.45) is 3.99. The van der Waals surface area contributed by atoms with E-state index in [-0.39, 0.29) is 17.3 Å². The molecule has 0 fully saturated rings. The van der Waals surface area contributed by atoms with E-state index in [2.05, 4.69) is 26.1 Å². The van der Waals surface area contributed by atoms with Gasteiger partial charge in [0, 0.05) is 10.4 Å². The number of fused-ring (bicyclic) bond motifs is 1. The van der Waals surface area contributed by atoms with Gasteiger partial charge >= 0.3 is 5.97 Å². The Morgan fingerprint density at radius 1 is 1.21 bits per heavy atom. The second-order valence-electron chi connectivity index (χ2n) is 8.03. The molecule has 1 heterocycles. The maximum Gasteiger partial charge on any atom is 0.341 e. The second-order valence-corrected chi connectivity index (χ2v) is 9.14. The number of hydrogen-bond donors (Lipinski definition) is 1. The molecular formula is C23H29NO3S. The summed E-state index contributed by atoms with van der Waals surface area (Å²) in [4.78, 5) is 26.6. The topological polar surface area (TPSA) is 55.4 Å². The van der Waals surface area contributed by atoms with Crippen molar-refractivity contribution in [3.05, 3.63) is 51.9 Å². The van der Waals surface area contributed by atoms with Crippen LogP contribution in [-0.2, 0) is 17.6 Å². The maximum atomic E-state index is 12.7. The molecule has 3 rings (SSSR count). The van der Waals surface area contributed by atoms with Crippen LogP contribution in [0.1, 0.15) is 71.7 Å². The number of rotatable bonds is 6. The number of carbonyl (C=O) groups is 2. The van der Waals surface area contributed by atoms with Crippen LogP contribution < -0.4 is 5.32 Å². The van der Waals surface area contributed by atoms with E-state index in [1.807, 2.05) is 18.2 Å². The van der Waals surface area contributed by atoms with Gasteiger partial charge in [-0.1, -0.05) is 45.4 Å². The molecule has 1 amide bonds. The Balaban J connectivity index is 1.94. The van der Waals surface area contributed by atoms with E-state index in [9.17, 15) is 9.59 Å². The summed E-state index contributed by atoms with van der Waals surface area (Å²) in [5, 5.41) is 3.59. The number of esters is 1. The molecule has 5 heteroatoms. The molecule has 0 radical (unpaired) electrons. The van der Waals surface area contributed by atoms with Crippen molar-refractivity contribution in [2.75, 3.05) is 11.9 Å². The van der Waals surface area contributed by atoms with Gasteiger partial charge in [0.2, 0.25) is 0 Å². The summed E-state index contributed by atoms with van der Waals surface area (Å²) in [7, 11) is 0. The highest BCUT2D eigenvalue weighted by atomic mass is 32.1. The van der Waals surface area contributed by atoms with E-state index in [0.717, 1.165) is 31.2 Å². The number of carbonyl (C=O) groups excluding carboxylic acids is 2. The monoisotopic (exact) mass is 399 g/mol. The fourth-order valence-corrected chi connectivity index (χ4v) is 5.12. The van der Waals surface area contributed by atoms with Crippen molar-refractivity contribution in [2.45, 2.75) is 53.4 Å². The van der Waals surface area contributed by atoms with Gasteiger partial charge in [-0.15, -0.1) is 11.3 Å². The minimum absolute atomic E-state index is 0.199. The third-order valence-corrected chi connectivity index (χ3v) is 7.19. The SMILES string of the molecule is CCOC(=O)c1c(NC(=O)c2ccccc2)sc2c1CCC(C(C)(C)CC)C2. The van der Waals surface area contributed by atoms with Crippen molar-refractivity contribution in [3.8, 4) is 0 Å². The van der Waals surface area contributed by atoms with Crippen LogP contribution >= 0.6 is 11.3 Å². The molecule has 4 nitrogen and oxygen atoms in total. The van der Waals surface area contributed by atoms with E-state index in [1.165, 1.54) is 16.2 Å². The van der Waals surface area contributed by atoms with Crippen LogP contribution in [0.2, 0.25) is 0 Å². The van der Waals surface area contributed by atoms with Crippen molar-refractivity contribution in [2.24, 2.45) is 11.3 Å². The summed E-state index contributed by atoms with van der Waals surface area (Å²) in [6, 6.07) is 9.08. The van der Waals surface area contributed by atoms with Gasteiger partial charge in [-0.05, 0) is 55.2 Å². The zero-order chi connectivity index (χ0) is 20.3. The highest BCUT2D eigenvalue weighted by Gasteiger charge is 2.35. The Hall–Kier alpha value is -2.14. The molecule has 0 saturated carbocycles. The average Bonchev–Trinajstić information content (AvgIpc) is 3.05. The van der Waals surface area contributed by atoms with Gasteiger partial charge in [0.25, 0.3) is 5.91 Å². The third kappa shape index (κ3) is 4.14. The Labute approximate surface area is 171 Å². The van der Waals surface area contributed by atoms with Crippen molar-refractivity contribution in [3.63, 3.8) is 0 Å². The molecule has 1 aliphatic carbocycles. The number of anilines is 1. The van der Waals surface area contributed by atoms with Gasteiger partial charge < -0.3 is 10.1 Å². The molecule has 0 bridgehead atoms. The molecule has 1 N–H and O–H groups in total. The molecule has 0 spiro atoms. The molecular weight excluding hydrogens is 370 g/mol. The quantitative estimate of drug-likeness (QED) is 0.632. The second kappa shape index (κ2) is 8.48. The lowest BCUT2D eigenvalue weighted by molar-refractivity contribution is 0.0526. The van der Waals surface area contributed by atoms with Crippen LogP contribution in [0, 0.1) is 11.3 Å². The Morgan fingerprint density at radius 2 is 1.93 bits per heavy atom. The molecule has 1 aliphatic rings. The number of benzene rings is 1. The Morgan fingerprint density at radius 3 is 2.57 bits per heavy atom. The third-order valence-electron chi connectivity index (χ3n) is 6.02. The van der Waals surface area contributed by atoms with E-state index >= 15 is 0 Å². The van der Waals surface area contributed by atoms with Crippen LogP contribution in [0.5, 0.6) is 0 Å². The maximum absolute atomic E-state index is 12.7. The Bertz CT molecular complexity index is 854. The summed E-state index contributed by atoms with van der Waals surface area (Å²) in [5.74, 6) is 0.0446. The lowest BCUT2D eigenvalue weighted by atomic mass is 9.69. The molecule has 0 saturated heterocycles. The van der Waals surface area contributed by atoms with Gasteiger partial charge in [0.05, 0.1) is 12.2 Å². The first kappa shape index (κ1) is 20.6. The van der Waals surface area contributed by atoms with Gasteiger partial charge in [0.15, 0.2) is 0 Å². The largest absolute Gasteiger partial charge is 0.462 e. The molecule has 28 heavy (non-hydrogen) atoms. The van der Waals surface area contributed by atoms with Crippen molar-refractivity contribution < 1.29 is 14.3 Å². The molecule has 150 valence electrons. The Kier molecular flexibility index (Phi) is 6.23. The van der Waals surface area contributed by atoms with Crippen LogP contribution in [0.4, 0.5) is 5.00 Å².